The Balaban J connectivity index is 1.72. The van der Waals surface area contributed by atoms with E-state index in [1.807, 2.05) is 18.5 Å². The SMILES string of the molecule is CC(C)c1nc2n(n1)C[C@H](Nc1ccnc(C(F)(F)F)c1)CC2. The van der Waals surface area contributed by atoms with Crippen molar-refractivity contribution in [3.8, 4) is 0 Å². The van der Waals surface area contributed by atoms with E-state index in [-0.39, 0.29) is 12.0 Å². The van der Waals surface area contributed by atoms with Gasteiger partial charge in [0.25, 0.3) is 0 Å². The van der Waals surface area contributed by atoms with Gasteiger partial charge in [-0.15, -0.1) is 0 Å². The van der Waals surface area contributed by atoms with Crippen LogP contribution in [0.3, 0.4) is 0 Å². The monoisotopic (exact) mass is 325 g/mol. The highest BCUT2D eigenvalue weighted by molar-refractivity contribution is 5.44. The molecule has 1 aliphatic rings. The van der Waals surface area contributed by atoms with Gasteiger partial charge in [0.2, 0.25) is 0 Å². The van der Waals surface area contributed by atoms with Crippen molar-refractivity contribution in [1.29, 1.82) is 0 Å². The van der Waals surface area contributed by atoms with Crippen LogP contribution in [0.1, 0.15) is 43.5 Å². The van der Waals surface area contributed by atoms with Crippen molar-refractivity contribution >= 4 is 5.69 Å². The summed E-state index contributed by atoms with van der Waals surface area (Å²) in [6.45, 7) is 4.66. The van der Waals surface area contributed by atoms with E-state index in [2.05, 4.69) is 20.4 Å². The average Bonchev–Trinajstić information content (AvgIpc) is 2.90. The maximum Gasteiger partial charge on any atom is 0.433 e. The zero-order chi connectivity index (χ0) is 16.6. The van der Waals surface area contributed by atoms with E-state index >= 15 is 0 Å². The molecule has 0 bridgehead atoms. The zero-order valence-corrected chi connectivity index (χ0v) is 12.9. The molecule has 23 heavy (non-hydrogen) atoms. The highest BCUT2D eigenvalue weighted by atomic mass is 19.4. The van der Waals surface area contributed by atoms with Gasteiger partial charge in [0.15, 0.2) is 5.82 Å². The summed E-state index contributed by atoms with van der Waals surface area (Å²) >= 11 is 0. The smallest absolute Gasteiger partial charge is 0.380 e. The summed E-state index contributed by atoms with van der Waals surface area (Å²) in [7, 11) is 0. The fourth-order valence-electron chi connectivity index (χ4n) is 2.60. The molecule has 0 unspecified atom stereocenters. The van der Waals surface area contributed by atoms with Gasteiger partial charge in [-0.1, -0.05) is 13.8 Å². The van der Waals surface area contributed by atoms with E-state index in [0.29, 0.717) is 12.2 Å². The van der Waals surface area contributed by atoms with E-state index in [0.717, 1.165) is 30.6 Å². The zero-order valence-electron chi connectivity index (χ0n) is 12.9. The van der Waals surface area contributed by atoms with E-state index in [4.69, 9.17) is 0 Å². The number of nitrogens with one attached hydrogen (secondary N) is 1. The van der Waals surface area contributed by atoms with Crippen LogP contribution in [-0.4, -0.2) is 25.8 Å². The lowest BCUT2D eigenvalue weighted by Gasteiger charge is -2.24. The molecule has 8 heteroatoms. The van der Waals surface area contributed by atoms with Crippen LogP contribution in [0.2, 0.25) is 0 Å². The van der Waals surface area contributed by atoms with Crippen LogP contribution >= 0.6 is 0 Å². The molecule has 0 spiro atoms. The van der Waals surface area contributed by atoms with Gasteiger partial charge < -0.3 is 5.32 Å². The van der Waals surface area contributed by atoms with Gasteiger partial charge in [-0.3, -0.25) is 4.98 Å². The van der Waals surface area contributed by atoms with Gasteiger partial charge >= 0.3 is 6.18 Å². The molecule has 2 aromatic heterocycles. The Morgan fingerprint density at radius 2 is 2.13 bits per heavy atom. The topological polar surface area (TPSA) is 55.6 Å². The first kappa shape index (κ1) is 15.8. The van der Waals surface area contributed by atoms with Gasteiger partial charge in [-0.25, -0.2) is 9.67 Å². The quantitative estimate of drug-likeness (QED) is 0.941. The molecule has 0 aromatic carbocycles. The Morgan fingerprint density at radius 3 is 2.83 bits per heavy atom. The molecule has 0 saturated carbocycles. The molecule has 124 valence electrons. The number of pyridine rings is 1. The number of hydrogen-bond acceptors (Lipinski definition) is 4. The number of hydrogen-bond donors (Lipinski definition) is 1. The van der Waals surface area contributed by atoms with Crippen LogP contribution in [-0.2, 0) is 19.1 Å². The van der Waals surface area contributed by atoms with Crippen LogP contribution in [0.15, 0.2) is 18.3 Å². The van der Waals surface area contributed by atoms with Gasteiger partial charge in [0.05, 0.1) is 6.54 Å². The number of anilines is 1. The number of aromatic nitrogens is 4. The summed E-state index contributed by atoms with van der Waals surface area (Å²) in [6, 6.07) is 2.61. The van der Waals surface area contributed by atoms with Crippen molar-refractivity contribution in [3.05, 3.63) is 35.7 Å². The number of fused-ring (bicyclic) bond motifs is 1. The third kappa shape index (κ3) is 3.46. The molecule has 5 nitrogen and oxygen atoms in total. The van der Waals surface area contributed by atoms with Gasteiger partial charge in [-0.2, -0.15) is 18.3 Å². The van der Waals surface area contributed by atoms with Crippen molar-refractivity contribution in [1.82, 2.24) is 19.7 Å². The Labute approximate surface area is 131 Å². The fourth-order valence-corrected chi connectivity index (χ4v) is 2.60. The summed E-state index contributed by atoms with van der Waals surface area (Å²) in [4.78, 5) is 7.87. The molecule has 1 atom stereocenters. The highest BCUT2D eigenvalue weighted by Gasteiger charge is 2.32. The molecular formula is C15H18F3N5. The maximum absolute atomic E-state index is 12.7. The molecule has 0 saturated heterocycles. The van der Waals surface area contributed by atoms with Crippen molar-refractivity contribution in [2.45, 2.75) is 51.4 Å². The number of alkyl halides is 3. The van der Waals surface area contributed by atoms with Crippen LogP contribution in [0.25, 0.3) is 0 Å². The van der Waals surface area contributed by atoms with Crippen molar-refractivity contribution in [3.63, 3.8) is 0 Å². The Kier molecular flexibility index (Phi) is 3.99. The second-order valence-electron chi connectivity index (χ2n) is 6.03. The summed E-state index contributed by atoms with van der Waals surface area (Å²) in [6.07, 6.45) is -1.70. The summed E-state index contributed by atoms with van der Waals surface area (Å²) in [5, 5.41) is 7.62. The Morgan fingerprint density at radius 1 is 1.35 bits per heavy atom. The number of halogens is 3. The fraction of sp³-hybridized carbons (Fsp3) is 0.533. The number of aryl methyl sites for hydroxylation is 1. The molecule has 2 aromatic rings. The lowest BCUT2D eigenvalue weighted by Crippen LogP contribution is -2.32. The van der Waals surface area contributed by atoms with Crippen molar-refractivity contribution < 1.29 is 13.2 Å². The number of rotatable bonds is 3. The highest BCUT2D eigenvalue weighted by Crippen LogP contribution is 2.29. The first-order valence-corrected chi connectivity index (χ1v) is 7.56. The molecular weight excluding hydrogens is 307 g/mol. The summed E-state index contributed by atoms with van der Waals surface area (Å²) in [5.41, 5.74) is -0.466. The molecule has 3 heterocycles. The van der Waals surface area contributed by atoms with Gasteiger partial charge in [0, 0.05) is 30.3 Å². The molecule has 1 N–H and O–H groups in total. The third-order valence-corrected chi connectivity index (χ3v) is 3.81. The van der Waals surface area contributed by atoms with E-state index in [1.165, 1.54) is 6.20 Å². The molecule has 0 fully saturated rings. The van der Waals surface area contributed by atoms with Crippen LogP contribution in [0.5, 0.6) is 0 Å². The van der Waals surface area contributed by atoms with E-state index in [9.17, 15) is 13.2 Å². The molecule has 3 rings (SSSR count). The first-order chi connectivity index (χ1) is 10.8. The maximum atomic E-state index is 12.7. The minimum atomic E-state index is -4.44. The minimum Gasteiger partial charge on any atom is -0.380 e. The molecule has 1 aliphatic heterocycles. The molecule has 0 amide bonds. The predicted molar refractivity (Wildman–Crippen MR) is 79.1 cm³/mol. The minimum absolute atomic E-state index is 0.0210. The number of nitrogens with zero attached hydrogens (tertiary/aromatic N) is 4. The van der Waals surface area contributed by atoms with Crippen LogP contribution < -0.4 is 5.32 Å². The van der Waals surface area contributed by atoms with E-state index in [1.54, 1.807) is 6.07 Å². The predicted octanol–water partition coefficient (Wildman–Crippen LogP) is 3.24. The second kappa shape index (κ2) is 5.82. The lowest BCUT2D eigenvalue weighted by atomic mass is 10.1. The van der Waals surface area contributed by atoms with E-state index < -0.39 is 11.9 Å². The average molecular weight is 325 g/mol. The van der Waals surface area contributed by atoms with Crippen molar-refractivity contribution in [2.75, 3.05) is 5.32 Å². The molecule has 0 aliphatic carbocycles. The normalized spacial score (nSPS) is 18.1. The summed E-state index contributed by atoms with van der Waals surface area (Å²) < 4.78 is 40.0. The largest absolute Gasteiger partial charge is 0.433 e. The van der Waals surface area contributed by atoms with Gasteiger partial charge in [0.1, 0.15) is 11.5 Å². The standard InChI is InChI=1S/C15H18F3N5/c1-9(2)14-21-13-4-3-11(8-23(13)22-14)20-10-5-6-19-12(7-10)15(16,17)18/h5-7,9,11H,3-4,8H2,1-2H3,(H,19,20)/t11-/m1/s1. The van der Waals surface area contributed by atoms with Crippen molar-refractivity contribution in [2.24, 2.45) is 0 Å². The van der Waals surface area contributed by atoms with Gasteiger partial charge in [-0.05, 0) is 18.6 Å². The Hall–Kier alpha value is -2.12. The summed E-state index contributed by atoms with van der Waals surface area (Å²) in [5.74, 6) is 2.01. The third-order valence-electron chi connectivity index (χ3n) is 3.81. The van der Waals surface area contributed by atoms with Crippen LogP contribution in [0.4, 0.5) is 18.9 Å². The van der Waals surface area contributed by atoms with Crippen LogP contribution in [0, 0.1) is 0 Å². The first-order valence-electron chi connectivity index (χ1n) is 7.56. The second-order valence-corrected chi connectivity index (χ2v) is 6.03. The molecule has 0 radical (unpaired) electrons. The Bertz CT molecular complexity index is 693. The lowest BCUT2D eigenvalue weighted by molar-refractivity contribution is -0.141.